The van der Waals surface area contributed by atoms with Crippen LogP contribution < -0.4 is 5.73 Å². The van der Waals surface area contributed by atoms with E-state index in [0.717, 1.165) is 9.50 Å². The third kappa shape index (κ3) is 4.82. The summed E-state index contributed by atoms with van der Waals surface area (Å²) in [5.41, 5.74) is 4.70. The second kappa shape index (κ2) is 6.00. The first-order valence-corrected chi connectivity index (χ1v) is 6.81. The van der Waals surface area contributed by atoms with Gasteiger partial charge >= 0.3 is 0 Å². The maximum Gasteiger partial charge on any atom is 0.0963 e. The SMILES string of the molecule is CC(CC(C)(O)CN)Sc1ccc(Br)cn1. The van der Waals surface area contributed by atoms with Crippen LogP contribution in [0.1, 0.15) is 20.3 Å². The molecule has 90 valence electrons. The first-order chi connectivity index (χ1) is 7.43. The van der Waals surface area contributed by atoms with Gasteiger partial charge in [-0.1, -0.05) is 6.92 Å². The number of halogens is 1. The molecule has 0 aliphatic rings. The smallest absolute Gasteiger partial charge is 0.0963 e. The minimum atomic E-state index is -0.790. The highest BCUT2D eigenvalue weighted by atomic mass is 79.9. The Labute approximate surface area is 109 Å². The topological polar surface area (TPSA) is 59.1 Å². The summed E-state index contributed by atoms with van der Waals surface area (Å²) >= 11 is 4.99. The van der Waals surface area contributed by atoms with Gasteiger partial charge in [0.2, 0.25) is 0 Å². The van der Waals surface area contributed by atoms with Crippen molar-refractivity contribution >= 4 is 27.7 Å². The van der Waals surface area contributed by atoms with Crippen molar-refractivity contribution in [2.75, 3.05) is 6.54 Å². The molecule has 0 aliphatic heterocycles. The summed E-state index contributed by atoms with van der Waals surface area (Å²) in [5, 5.41) is 11.1. The number of nitrogens with two attached hydrogens (primary N) is 1. The highest BCUT2D eigenvalue weighted by Gasteiger charge is 2.22. The van der Waals surface area contributed by atoms with Gasteiger partial charge in [0, 0.05) is 22.5 Å². The van der Waals surface area contributed by atoms with Gasteiger partial charge in [-0.3, -0.25) is 0 Å². The number of aliphatic hydroxyl groups is 1. The monoisotopic (exact) mass is 304 g/mol. The predicted molar refractivity (Wildman–Crippen MR) is 71.6 cm³/mol. The van der Waals surface area contributed by atoms with E-state index in [0.29, 0.717) is 6.42 Å². The maximum atomic E-state index is 9.85. The second-order valence-corrected chi connectivity index (χ2v) is 6.52. The molecule has 0 amide bonds. The third-order valence-corrected chi connectivity index (χ3v) is 3.71. The Balaban J connectivity index is 2.51. The molecule has 2 unspecified atom stereocenters. The molecule has 0 saturated heterocycles. The fourth-order valence-corrected chi connectivity index (χ4v) is 2.73. The molecule has 0 aliphatic carbocycles. The van der Waals surface area contributed by atoms with E-state index in [9.17, 15) is 5.11 Å². The molecule has 2 atom stereocenters. The van der Waals surface area contributed by atoms with Crippen molar-refractivity contribution in [3.8, 4) is 0 Å². The minimum absolute atomic E-state index is 0.283. The van der Waals surface area contributed by atoms with Gasteiger partial charge in [-0.15, -0.1) is 11.8 Å². The predicted octanol–water partition coefficient (Wildman–Crippen LogP) is 2.42. The van der Waals surface area contributed by atoms with Gasteiger partial charge in [0.15, 0.2) is 0 Å². The Morgan fingerprint density at radius 2 is 2.31 bits per heavy atom. The van der Waals surface area contributed by atoms with Crippen LogP contribution in [0.25, 0.3) is 0 Å². The van der Waals surface area contributed by atoms with Crippen LogP contribution in [-0.2, 0) is 0 Å². The average Bonchev–Trinajstić information content (AvgIpc) is 2.21. The lowest BCUT2D eigenvalue weighted by Gasteiger charge is -2.24. The van der Waals surface area contributed by atoms with Crippen molar-refractivity contribution in [1.29, 1.82) is 0 Å². The normalized spacial score (nSPS) is 16.8. The number of hydrogen-bond acceptors (Lipinski definition) is 4. The van der Waals surface area contributed by atoms with Gasteiger partial charge in [-0.05, 0) is 41.4 Å². The largest absolute Gasteiger partial charge is 0.389 e. The van der Waals surface area contributed by atoms with Crippen LogP contribution in [0.15, 0.2) is 27.8 Å². The van der Waals surface area contributed by atoms with Crippen molar-refractivity contribution in [2.45, 2.75) is 36.1 Å². The standard InChI is InChI=1S/C11H17BrN2OS/c1-8(5-11(2,15)7-13)16-10-4-3-9(12)6-14-10/h3-4,6,8,15H,5,7,13H2,1-2H3. The Kier molecular flexibility index (Phi) is 5.24. The fraction of sp³-hybridized carbons (Fsp3) is 0.545. The Morgan fingerprint density at radius 1 is 1.62 bits per heavy atom. The van der Waals surface area contributed by atoms with Gasteiger partial charge in [-0.2, -0.15) is 0 Å². The van der Waals surface area contributed by atoms with Crippen LogP contribution in [0.5, 0.6) is 0 Å². The molecule has 16 heavy (non-hydrogen) atoms. The minimum Gasteiger partial charge on any atom is -0.389 e. The molecule has 3 N–H and O–H groups in total. The number of thioether (sulfide) groups is 1. The number of pyridine rings is 1. The highest BCUT2D eigenvalue weighted by Crippen LogP contribution is 2.27. The molecular formula is C11H17BrN2OS. The number of nitrogens with zero attached hydrogens (tertiary/aromatic N) is 1. The summed E-state index contributed by atoms with van der Waals surface area (Å²) in [6.45, 7) is 4.11. The molecule has 5 heteroatoms. The molecule has 0 radical (unpaired) electrons. The van der Waals surface area contributed by atoms with Gasteiger partial charge in [0.1, 0.15) is 0 Å². The number of rotatable bonds is 5. The molecule has 0 aromatic carbocycles. The van der Waals surface area contributed by atoms with E-state index in [-0.39, 0.29) is 11.8 Å². The molecular weight excluding hydrogens is 288 g/mol. The lowest BCUT2D eigenvalue weighted by Crippen LogP contribution is -2.36. The summed E-state index contributed by atoms with van der Waals surface area (Å²) in [6.07, 6.45) is 2.43. The van der Waals surface area contributed by atoms with Gasteiger partial charge in [0.05, 0.1) is 10.6 Å². The maximum absolute atomic E-state index is 9.85. The molecule has 1 aromatic rings. The van der Waals surface area contributed by atoms with Crippen molar-refractivity contribution in [1.82, 2.24) is 4.98 Å². The molecule has 1 rings (SSSR count). The van der Waals surface area contributed by atoms with Crippen LogP contribution in [0, 0.1) is 0 Å². The van der Waals surface area contributed by atoms with E-state index >= 15 is 0 Å². The van der Waals surface area contributed by atoms with Crippen LogP contribution in [0.4, 0.5) is 0 Å². The highest BCUT2D eigenvalue weighted by molar-refractivity contribution is 9.10. The zero-order chi connectivity index (χ0) is 12.2. The van der Waals surface area contributed by atoms with Crippen molar-refractivity contribution in [3.63, 3.8) is 0 Å². The zero-order valence-corrected chi connectivity index (χ0v) is 11.9. The van der Waals surface area contributed by atoms with Crippen LogP contribution >= 0.6 is 27.7 Å². The molecule has 0 saturated carbocycles. The van der Waals surface area contributed by atoms with Crippen molar-refractivity contribution in [2.24, 2.45) is 5.73 Å². The van der Waals surface area contributed by atoms with Gasteiger partial charge in [0.25, 0.3) is 0 Å². The lowest BCUT2D eigenvalue weighted by atomic mass is 10.0. The van der Waals surface area contributed by atoms with Crippen LogP contribution in [0.3, 0.4) is 0 Å². The molecule has 1 aromatic heterocycles. The summed E-state index contributed by atoms with van der Waals surface area (Å²) in [7, 11) is 0. The molecule has 1 heterocycles. The molecule has 3 nitrogen and oxygen atoms in total. The summed E-state index contributed by atoms with van der Waals surface area (Å²) < 4.78 is 0.971. The Bertz CT molecular complexity index is 329. The van der Waals surface area contributed by atoms with Crippen LogP contribution in [-0.4, -0.2) is 27.5 Å². The fourth-order valence-electron chi connectivity index (χ4n) is 1.38. The molecule has 0 bridgehead atoms. The average molecular weight is 305 g/mol. The van der Waals surface area contributed by atoms with E-state index in [1.807, 2.05) is 12.1 Å². The van der Waals surface area contributed by atoms with E-state index in [1.165, 1.54) is 0 Å². The lowest BCUT2D eigenvalue weighted by molar-refractivity contribution is 0.0608. The van der Waals surface area contributed by atoms with E-state index in [4.69, 9.17) is 5.73 Å². The van der Waals surface area contributed by atoms with Crippen molar-refractivity contribution < 1.29 is 5.11 Å². The first-order valence-electron chi connectivity index (χ1n) is 5.13. The van der Waals surface area contributed by atoms with Crippen LogP contribution in [0.2, 0.25) is 0 Å². The van der Waals surface area contributed by atoms with E-state index in [1.54, 1.807) is 24.9 Å². The van der Waals surface area contributed by atoms with Crippen molar-refractivity contribution in [3.05, 3.63) is 22.8 Å². The first kappa shape index (κ1) is 14.0. The zero-order valence-electron chi connectivity index (χ0n) is 9.48. The number of aromatic nitrogens is 1. The summed E-state index contributed by atoms with van der Waals surface area (Å²) in [6, 6.07) is 3.92. The van der Waals surface area contributed by atoms with Gasteiger partial charge in [-0.25, -0.2) is 4.98 Å². The third-order valence-electron chi connectivity index (χ3n) is 2.19. The quantitative estimate of drug-likeness (QED) is 0.820. The van der Waals surface area contributed by atoms with E-state index in [2.05, 4.69) is 27.8 Å². The summed E-state index contributed by atoms with van der Waals surface area (Å²) in [5.74, 6) is 0. The Morgan fingerprint density at radius 3 is 2.81 bits per heavy atom. The molecule has 0 spiro atoms. The molecule has 0 fully saturated rings. The summed E-state index contributed by atoms with van der Waals surface area (Å²) in [4.78, 5) is 4.28. The van der Waals surface area contributed by atoms with Gasteiger partial charge < -0.3 is 10.8 Å². The Hall–Kier alpha value is -0.100. The van der Waals surface area contributed by atoms with E-state index < -0.39 is 5.60 Å². The second-order valence-electron chi connectivity index (χ2n) is 4.15. The number of hydrogen-bond donors (Lipinski definition) is 2.